The number of nitrogens with one attached hydrogen (secondary N) is 1. The van der Waals surface area contributed by atoms with Crippen LogP contribution in [0.5, 0.6) is 5.75 Å². The number of Topliss-reactive ketones (excluding diaryl/α,β-unsaturated/α-hetero) is 1. The zero-order valence-corrected chi connectivity index (χ0v) is 16.8. The zero-order chi connectivity index (χ0) is 21.3. The van der Waals surface area contributed by atoms with Gasteiger partial charge in [0.1, 0.15) is 24.0 Å². The minimum Gasteiger partial charge on any atom is -0.491 e. The summed E-state index contributed by atoms with van der Waals surface area (Å²) in [5.41, 5.74) is 1.46. The van der Waals surface area contributed by atoms with E-state index in [9.17, 15) is 19.5 Å². The molecule has 1 aliphatic carbocycles. The first-order valence-electron chi connectivity index (χ1n) is 10.1. The van der Waals surface area contributed by atoms with Gasteiger partial charge in [-0.3, -0.25) is 14.5 Å². The maximum Gasteiger partial charge on any atom is 0.325 e. The van der Waals surface area contributed by atoms with E-state index in [2.05, 4.69) is 5.32 Å². The summed E-state index contributed by atoms with van der Waals surface area (Å²) in [4.78, 5) is 38.3. The Morgan fingerprint density at radius 3 is 2.67 bits per heavy atom. The van der Waals surface area contributed by atoms with Crippen molar-refractivity contribution in [3.8, 4) is 5.75 Å². The second kappa shape index (κ2) is 7.91. The Balaban J connectivity index is 1.38. The van der Waals surface area contributed by atoms with Gasteiger partial charge >= 0.3 is 6.03 Å². The topological polar surface area (TPSA) is 95.9 Å². The van der Waals surface area contributed by atoms with Crippen LogP contribution in [0.1, 0.15) is 41.3 Å². The number of rotatable bonds is 7. The Hall–Kier alpha value is -3.19. The lowest BCUT2D eigenvalue weighted by molar-refractivity contribution is -0.132. The maximum atomic E-state index is 13.1. The van der Waals surface area contributed by atoms with Gasteiger partial charge in [0.05, 0.1) is 6.54 Å². The number of hydrogen-bond donors (Lipinski definition) is 2. The van der Waals surface area contributed by atoms with Crippen LogP contribution in [0.15, 0.2) is 48.5 Å². The molecule has 0 saturated carbocycles. The molecule has 0 radical (unpaired) electrons. The third-order valence-corrected chi connectivity index (χ3v) is 5.76. The van der Waals surface area contributed by atoms with E-state index in [-0.39, 0.29) is 24.8 Å². The van der Waals surface area contributed by atoms with E-state index in [1.165, 1.54) is 0 Å². The number of aryl methyl sites for hydroxylation is 1. The lowest BCUT2D eigenvalue weighted by Gasteiger charge is -2.23. The first kappa shape index (κ1) is 20.1. The number of aliphatic hydroxyl groups excluding tert-OH is 1. The molecule has 156 valence electrons. The van der Waals surface area contributed by atoms with Gasteiger partial charge < -0.3 is 15.2 Å². The average molecular weight is 408 g/mol. The van der Waals surface area contributed by atoms with Crippen LogP contribution in [0.4, 0.5) is 4.79 Å². The summed E-state index contributed by atoms with van der Waals surface area (Å²) < 4.78 is 5.56. The van der Waals surface area contributed by atoms with Crippen LogP contribution in [0.3, 0.4) is 0 Å². The van der Waals surface area contributed by atoms with E-state index < -0.39 is 17.7 Å². The molecular formula is C23H24N2O5. The van der Waals surface area contributed by atoms with E-state index in [1.54, 1.807) is 31.2 Å². The molecule has 2 aromatic carbocycles. The van der Waals surface area contributed by atoms with Gasteiger partial charge in [0.25, 0.3) is 5.91 Å². The minimum absolute atomic E-state index is 0.0440. The van der Waals surface area contributed by atoms with E-state index in [1.807, 2.05) is 24.3 Å². The molecule has 3 amide bonds. The van der Waals surface area contributed by atoms with E-state index in [0.717, 1.165) is 22.4 Å². The van der Waals surface area contributed by atoms with Gasteiger partial charge in [-0.2, -0.15) is 0 Å². The van der Waals surface area contributed by atoms with Crippen LogP contribution in [0, 0.1) is 0 Å². The molecule has 2 atom stereocenters. The summed E-state index contributed by atoms with van der Waals surface area (Å²) in [6.07, 6.45) is 0.626. The highest BCUT2D eigenvalue weighted by molar-refractivity contribution is 6.08. The Morgan fingerprint density at radius 2 is 1.93 bits per heavy atom. The summed E-state index contributed by atoms with van der Waals surface area (Å²) in [6.45, 7) is 1.57. The van der Waals surface area contributed by atoms with Crippen molar-refractivity contribution in [1.29, 1.82) is 0 Å². The smallest absolute Gasteiger partial charge is 0.325 e. The van der Waals surface area contributed by atoms with Gasteiger partial charge in [0, 0.05) is 12.0 Å². The molecule has 0 unspecified atom stereocenters. The molecule has 7 heteroatoms. The van der Waals surface area contributed by atoms with Gasteiger partial charge in [-0.25, -0.2) is 4.79 Å². The number of carbonyl (C=O) groups excluding carboxylic acids is 3. The normalized spacial score (nSPS) is 20.9. The predicted octanol–water partition coefficient (Wildman–Crippen LogP) is 2.41. The second-order valence-corrected chi connectivity index (χ2v) is 7.67. The number of amides is 3. The number of hydrogen-bond acceptors (Lipinski definition) is 5. The summed E-state index contributed by atoms with van der Waals surface area (Å²) >= 11 is 0. The number of benzene rings is 2. The van der Waals surface area contributed by atoms with E-state index >= 15 is 0 Å². The Kier molecular flexibility index (Phi) is 5.30. The number of urea groups is 1. The van der Waals surface area contributed by atoms with Gasteiger partial charge in [0.15, 0.2) is 5.78 Å². The van der Waals surface area contributed by atoms with Gasteiger partial charge in [-0.05, 0) is 48.2 Å². The lowest BCUT2D eigenvalue weighted by atomic mass is 9.92. The molecule has 2 N–H and O–H groups in total. The van der Waals surface area contributed by atoms with Crippen LogP contribution < -0.4 is 10.1 Å². The number of β-amino-alcohol motifs (C(OH)–C–C–N with tert-alkyl or cyclic N) is 1. The van der Waals surface area contributed by atoms with Crippen LogP contribution in [-0.2, 0) is 16.8 Å². The highest BCUT2D eigenvalue weighted by Crippen LogP contribution is 2.41. The number of ether oxygens (including phenoxy) is 1. The second-order valence-electron chi connectivity index (χ2n) is 7.67. The predicted molar refractivity (Wildman–Crippen MR) is 109 cm³/mol. The highest BCUT2D eigenvalue weighted by Gasteiger charge is 2.55. The highest BCUT2D eigenvalue weighted by atomic mass is 16.5. The number of aliphatic hydroxyl groups is 1. The number of imide groups is 1. The fraction of sp³-hybridized carbons (Fsp3) is 0.348. The molecule has 1 heterocycles. The Labute approximate surface area is 174 Å². The summed E-state index contributed by atoms with van der Waals surface area (Å²) in [5.74, 6) is 0.210. The molecular weight excluding hydrogens is 384 g/mol. The van der Waals surface area contributed by atoms with Crippen molar-refractivity contribution in [3.05, 3.63) is 65.2 Å². The van der Waals surface area contributed by atoms with Crippen LogP contribution in [0.25, 0.3) is 0 Å². The number of carbonyl (C=O) groups is 3. The van der Waals surface area contributed by atoms with Crippen LogP contribution in [0.2, 0.25) is 0 Å². The molecule has 2 aromatic rings. The maximum absolute atomic E-state index is 13.1. The standard InChI is InChI=1S/C23H24N2O5/c1-2-20(27)16-7-9-18(10-8-16)30-14-17(26)13-25-21(28)23(24-22(25)29)12-11-15-5-3-4-6-19(15)23/h3-10,17,26H,2,11-14H2,1H3,(H,24,29)/t17-,23+/m0/s1. The molecule has 1 fully saturated rings. The molecule has 7 nitrogen and oxygen atoms in total. The third-order valence-electron chi connectivity index (χ3n) is 5.76. The summed E-state index contributed by atoms with van der Waals surface area (Å²) in [5, 5.41) is 13.2. The minimum atomic E-state index is -1.04. The molecule has 4 rings (SSSR count). The quantitative estimate of drug-likeness (QED) is 0.542. The van der Waals surface area contributed by atoms with Crippen LogP contribution in [-0.4, -0.2) is 47.0 Å². The van der Waals surface area contributed by atoms with E-state index in [4.69, 9.17) is 4.74 Å². The molecule has 1 saturated heterocycles. The van der Waals surface area contributed by atoms with Crippen molar-refractivity contribution >= 4 is 17.7 Å². The molecule has 2 aliphatic rings. The van der Waals surface area contributed by atoms with Crippen molar-refractivity contribution in [2.75, 3.05) is 13.2 Å². The number of fused-ring (bicyclic) bond motifs is 2. The Bertz CT molecular complexity index is 987. The van der Waals surface area contributed by atoms with Crippen molar-refractivity contribution < 1.29 is 24.2 Å². The van der Waals surface area contributed by atoms with Gasteiger partial charge in [-0.15, -0.1) is 0 Å². The van der Waals surface area contributed by atoms with E-state index in [0.29, 0.717) is 24.2 Å². The summed E-state index contributed by atoms with van der Waals surface area (Å²) in [7, 11) is 0. The molecule has 1 spiro atoms. The fourth-order valence-corrected chi connectivity index (χ4v) is 4.15. The monoisotopic (exact) mass is 408 g/mol. The van der Waals surface area contributed by atoms with Crippen molar-refractivity contribution in [3.63, 3.8) is 0 Å². The first-order valence-corrected chi connectivity index (χ1v) is 10.1. The van der Waals surface area contributed by atoms with Crippen molar-refractivity contribution in [1.82, 2.24) is 10.2 Å². The van der Waals surface area contributed by atoms with Gasteiger partial charge in [0.2, 0.25) is 0 Å². The SMILES string of the molecule is CCC(=O)c1ccc(OC[C@@H](O)CN2C(=O)N[C@@]3(CCc4ccccc43)C2=O)cc1. The van der Waals surface area contributed by atoms with Gasteiger partial charge in [-0.1, -0.05) is 31.2 Å². The van der Waals surface area contributed by atoms with Crippen molar-refractivity contribution in [2.45, 2.75) is 37.8 Å². The van der Waals surface area contributed by atoms with Crippen molar-refractivity contribution in [2.24, 2.45) is 0 Å². The third kappa shape index (κ3) is 3.45. The summed E-state index contributed by atoms with van der Waals surface area (Å²) in [6, 6.07) is 13.8. The molecule has 1 aliphatic heterocycles. The molecule has 0 aromatic heterocycles. The zero-order valence-electron chi connectivity index (χ0n) is 16.8. The molecule has 30 heavy (non-hydrogen) atoms. The largest absolute Gasteiger partial charge is 0.491 e. The number of nitrogens with zero attached hydrogens (tertiary/aromatic N) is 1. The Morgan fingerprint density at radius 1 is 1.20 bits per heavy atom. The first-order chi connectivity index (χ1) is 14.4. The van der Waals surface area contributed by atoms with Crippen LogP contribution >= 0.6 is 0 Å². The lowest BCUT2D eigenvalue weighted by Crippen LogP contribution is -2.43. The average Bonchev–Trinajstić information content (AvgIpc) is 3.25. The fourth-order valence-electron chi connectivity index (χ4n) is 4.15. The number of ketones is 1. The molecule has 0 bridgehead atoms.